The predicted octanol–water partition coefficient (Wildman–Crippen LogP) is 17.3. The third kappa shape index (κ3) is 7.78. The molecule has 10 rings (SSSR count). The molecule has 4 heteroatoms. The van der Waals surface area contributed by atoms with Gasteiger partial charge in [0, 0.05) is 32.7 Å². The Morgan fingerprint density at radius 3 is 0.926 bits per heavy atom. The van der Waals surface area contributed by atoms with Crippen LogP contribution in [0.25, 0.3) is 88.6 Å². The molecule has 0 bridgehead atoms. The first-order valence-corrected chi connectivity index (χ1v) is 24.1. The van der Waals surface area contributed by atoms with E-state index in [1.54, 1.807) is 0 Å². The minimum Gasteiger partial charge on any atom is -0.308 e. The van der Waals surface area contributed by atoms with Gasteiger partial charge in [-0.3, -0.25) is 0 Å². The first-order chi connectivity index (χ1) is 32.2. The normalized spacial score (nSPS) is 12.7. The molecule has 0 saturated heterocycles. The summed E-state index contributed by atoms with van der Waals surface area (Å²) in [7, 11) is 0. The second-order valence-corrected chi connectivity index (χ2v) is 23.0. The van der Waals surface area contributed by atoms with Crippen LogP contribution < -0.4 is 0 Å². The molecule has 0 amide bonds. The van der Waals surface area contributed by atoms with E-state index in [4.69, 9.17) is 4.98 Å². The van der Waals surface area contributed by atoms with E-state index >= 15 is 0 Å². The zero-order chi connectivity index (χ0) is 48.1. The van der Waals surface area contributed by atoms with Crippen LogP contribution in [0.2, 0.25) is 0 Å². The highest BCUT2D eigenvalue weighted by molar-refractivity contribution is 6.12. The average Bonchev–Trinajstić information content (AvgIpc) is 3.81. The Kier molecular flexibility index (Phi) is 10.5. The van der Waals surface area contributed by atoms with Gasteiger partial charge in [-0.15, -0.1) is 0 Å². The first kappa shape index (κ1) is 44.6. The highest BCUT2D eigenvalue weighted by Gasteiger charge is 2.27. The summed E-state index contributed by atoms with van der Waals surface area (Å²) in [5.74, 6) is 0. The summed E-state index contributed by atoms with van der Waals surface area (Å²) < 4.78 is 4.71. The number of nitriles is 1. The van der Waals surface area contributed by atoms with Crippen molar-refractivity contribution in [2.24, 2.45) is 0 Å². The number of hydrogen-bond donors (Lipinski definition) is 0. The Morgan fingerprint density at radius 1 is 0.353 bits per heavy atom. The summed E-state index contributed by atoms with van der Waals surface area (Å²) in [6.07, 6.45) is 0. The maximum Gasteiger partial charge on any atom is 0.104 e. The molecule has 0 radical (unpaired) electrons. The molecule has 3 heterocycles. The van der Waals surface area contributed by atoms with Crippen molar-refractivity contribution in [2.75, 3.05) is 0 Å². The molecule has 0 unspecified atom stereocenters. The number of pyridine rings is 1. The van der Waals surface area contributed by atoms with Crippen molar-refractivity contribution in [1.82, 2.24) is 14.1 Å². The van der Waals surface area contributed by atoms with Gasteiger partial charge in [0.05, 0.1) is 44.8 Å². The Labute approximate surface area is 402 Å². The quantitative estimate of drug-likeness (QED) is 0.173. The van der Waals surface area contributed by atoms with Crippen LogP contribution in [-0.2, 0) is 21.7 Å². The molecular formula is C64H62N4. The Hall–Kier alpha value is -7.22. The third-order valence-corrected chi connectivity index (χ3v) is 14.0. The summed E-state index contributed by atoms with van der Waals surface area (Å²) in [5, 5.41) is 16.6. The van der Waals surface area contributed by atoms with Crippen LogP contribution in [0.3, 0.4) is 0 Å². The highest BCUT2D eigenvalue weighted by Crippen LogP contribution is 2.44. The SMILES string of the molecule is CC(C)(C)c1ccc2c(c1)c1cc(C(C)(C)C)ccc1n2-c1cc(-c2cc(-c3ccccc3)nc(-c3ccccc3)c2)cc(-n2c3ccc(C(C)(C)C)cc3c3cc(C(C)(C)C)ccc32)c1C#N. The molecule has 10 aromatic rings. The predicted molar refractivity (Wildman–Crippen MR) is 289 cm³/mol. The van der Waals surface area contributed by atoms with Crippen LogP contribution in [0.4, 0.5) is 0 Å². The molecule has 0 saturated carbocycles. The van der Waals surface area contributed by atoms with Crippen molar-refractivity contribution in [3.05, 3.63) is 186 Å². The first-order valence-electron chi connectivity index (χ1n) is 24.1. The van der Waals surface area contributed by atoms with Crippen LogP contribution in [0.1, 0.15) is 111 Å². The summed E-state index contributed by atoms with van der Waals surface area (Å²) in [6.45, 7) is 27.3. The average molecular weight is 887 g/mol. The highest BCUT2D eigenvalue weighted by atomic mass is 15.0. The lowest BCUT2D eigenvalue weighted by Gasteiger charge is -2.21. The molecule has 0 spiro atoms. The maximum absolute atomic E-state index is 11.8. The number of hydrogen-bond acceptors (Lipinski definition) is 2. The fourth-order valence-corrected chi connectivity index (χ4v) is 9.89. The van der Waals surface area contributed by atoms with E-state index in [0.29, 0.717) is 5.56 Å². The van der Waals surface area contributed by atoms with E-state index in [2.05, 4.69) is 244 Å². The number of rotatable bonds is 5. The van der Waals surface area contributed by atoms with Crippen LogP contribution in [0, 0.1) is 11.3 Å². The van der Waals surface area contributed by atoms with Crippen LogP contribution in [0.15, 0.2) is 158 Å². The standard InChI is InChI=1S/C64H62N4/c1-61(2,3)44-23-27-55-48(35-44)49-36-45(62(4,5)6)24-28-56(49)67(55)59-33-43(42-31-53(40-19-15-13-16-20-40)66-54(32-42)41-21-17-14-18-22-41)34-60(52(59)39-65)68-57-29-25-46(63(7,8)9)37-50(57)51-38-47(64(10,11)12)26-30-58(51)68/h13-38H,1-12H3. The van der Waals surface area contributed by atoms with Gasteiger partial charge in [0.1, 0.15) is 11.6 Å². The van der Waals surface area contributed by atoms with Gasteiger partial charge in [0.15, 0.2) is 0 Å². The van der Waals surface area contributed by atoms with Crippen LogP contribution in [-0.4, -0.2) is 14.1 Å². The molecule has 0 N–H and O–H groups in total. The smallest absolute Gasteiger partial charge is 0.104 e. The minimum absolute atomic E-state index is 0.0559. The molecule has 68 heavy (non-hydrogen) atoms. The molecule has 0 fully saturated rings. The molecule has 0 atom stereocenters. The van der Waals surface area contributed by atoms with Crippen molar-refractivity contribution in [2.45, 2.75) is 105 Å². The van der Waals surface area contributed by atoms with E-state index in [-0.39, 0.29) is 21.7 Å². The van der Waals surface area contributed by atoms with Gasteiger partial charge in [-0.1, -0.05) is 168 Å². The third-order valence-electron chi connectivity index (χ3n) is 14.0. The fourth-order valence-electron chi connectivity index (χ4n) is 9.89. The molecule has 3 aromatic heterocycles. The topological polar surface area (TPSA) is 46.5 Å². The van der Waals surface area contributed by atoms with Crippen LogP contribution >= 0.6 is 0 Å². The lowest BCUT2D eigenvalue weighted by Crippen LogP contribution is -2.11. The largest absolute Gasteiger partial charge is 0.308 e. The van der Waals surface area contributed by atoms with E-state index in [1.165, 1.54) is 43.8 Å². The molecule has 7 aromatic carbocycles. The van der Waals surface area contributed by atoms with Gasteiger partial charge in [-0.05, 0) is 128 Å². The monoisotopic (exact) mass is 886 g/mol. The van der Waals surface area contributed by atoms with Gasteiger partial charge in [0.2, 0.25) is 0 Å². The second-order valence-electron chi connectivity index (χ2n) is 23.0. The zero-order valence-corrected chi connectivity index (χ0v) is 41.8. The van der Waals surface area contributed by atoms with Gasteiger partial charge in [-0.25, -0.2) is 4.98 Å². The molecule has 0 aliphatic heterocycles. The number of nitrogens with zero attached hydrogens (tertiary/aromatic N) is 4. The molecule has 0 aliphatic rings. The lowest BCUT2D eigenvalue weighted by atomic mass is 9.85. The van der Waals surface area contributed by atoms with Gasteiger partial charge < -0.3 is 9.13 Å². The van der Waals surface area contributed by atoms with E-state index in [0.717, 1.165) is 67.1 Å². The summed E-state index contributed by atoms with van der Waals surface area (Å²) in [5.41, 5.74) is 17.3. The Morgan fingerprint density at radius 2 is 0.647 bits per heavy atom. The van der Waals surface area contributed by atoms with Gasteiger partial charge in [-0.2, -0.15) is 5.26 Å². The number of aromatic nitrogens is 3. The van der Waals surface area contributed by atoms with Gasteiger partial charge >= 0.3 is 0 Å². The van der Waals surface area contributed by atoms with Crippen molar-refractivity contribution in [3.8, 4) is 51.1 Å². The fraction of sp³-hybridized carbons (Fsp3) is 0.250. The van der Waals surface area contributed by atoms with E-state index in [9.17, 15) is 5.26 Å². The maximum atomic E-state index is 11.8. The van der Waals surface area contributed by atoms with Crippen molar-refractivity contribution >= 4 is 43.6 Å². The van der Waals surface area contributed by atoms with Crippen LogP contribution in [0.5, 0.6) is 0 Å². The summed E-state index contributed by atoms with van der Waals surface area (Å²) >= 11 is 0. The van der Waals surface area contributed by atoms with Crippen molar-refractivity contribution in [3.63, 3.8) is 0 Å². The van der Waals surface area contributed by atoms with Crippen molar-refractivity contribution in [1.29, 1.82) is 5.26 Å². The van der Waals surface area contributed by atoms with Crippen molar-refractivity contribution < 1.29 is 0 Å². The molecule has 0 aliphatic carbocycles. The molecular weight excluding hydrogens is 825 g/mol. The summed E-state index contributed by atoms with van der Waals surface area (Å²) in [6, 6.07) is 60.3. The van der Waals surface area contributed by atoms with E-state index < -0.39 is 0 Å². The zero-order valence-electron chi connectivity index (χ0n) is 41.8. The number of benzene rings is 7. The Balaban J connectivity index is 1.38. The second kappa shape index (κ2) is 16.0. The number of fused-ring (bicyclic) bond motifs is 6. The lowest BCUT2D eigenvalue weighted by molar-refractivity contribution is 0.590. The molecule has 4 nitrogen and oxygen atoms in total. The summed E-state index contributed by atoms with van der Waals surface area (Å²) in [4.78, 5) is 5.29. The Bertz CT molecular complexity index is 3270. The van der Waals surface area contributed by atoms with E-state index in [1.807, 2.05) is 12.1 Å². The molecule has 338 valence electrons. The minimum atomic E-state index is -0.0559. The van der Waals surface area contributed by atoms with Gasteiger partial charge in [0.25, 0.3) is 0 Å².